The first-order valence-electron chi connectivity index (χ1n) is 11.9. The van der Waals surface area contributed by atoms with Gasteiger partial charge in [-0.25, -0.2) is 18.4 Å². The fraction of sp³-hybridized carbons (Fsp3) is 0.560. The summed E-state index contributed by atoms with van der Waals surface area (Å²) in [5.74, 6) is 1.52. The fourth-order valence-electron chi connectivity index (χ4n) is 5.75. The summed E-state index contributed by atoms with van der Waals surface area (Å²) in [6.07, 6.45) is 3.48. The van der Waals surface area contributed by atoms with Crippen molar-refractivity contribution in [3.63, 3.8) is 0 Å². The van der Waals surface area contributed by atoms with Gasteiger partial charge in [0.15, 0.2) is 5.03 Å². The average molecular weight is 486 g/mol. The van der Waals surface area contributed by atoms with E-state index in [1.54, 1.807) is 6.07 Å². The Hall–Kier alpha value is -2.68. The number of hydrogen-bond donors (Lipinski definition) is 1. The van der Waals surface area contributed by atoms with Crippen molar-refractivity contribution in [1.29, 1.82) is 0 Å². The maximum absolute atomic E-state index is 13.8. The second-order valence-electron chi connectivity index (χ2n) is 10.8. The second-order valence-corrected chi connectivity index (χ2v) is 12.7. The lowest BCUT2D eigenvalue weighted by atomic mass is 9.92. The molecule has 2 fully saturated rings. The molecule has 34 heavy (non-hydrogen) atoms. The largest absolute Gasteiger partial charge is 0.365 e. The third-order valence-electron chi connectivity index (χ3n) is 6.93. The van der Waals surface area contributed by atoms with E-state index in [0.29, 0.717) is 35.9 Å². The number of pyridine rings is 2. The number of hydrogen-bond acceptors (Lipinski definition) is 7. The van der Waals surface area contributed by atoms with Gasteiger partial charge in [0.25, 0.3) is 5.91 Å². The quantitative estimate of drug-likeness (QED) is 0.690. The highest BCUT2D eigenvalue weighted by molar-refractivity contribution is 7.91. The molecule has 2 aliphatic rings. The predicted molar refractivity (Wildman–Crippen MR) is 133 cm³/mol. The molecule has 2 N–H and O–H groups in total. The van der Waals surface area contributed by atoms with E-state index in [-0.39, 0.29) is 21.0 Å². The number of sulfone groups is 1. The zero-order valence-electron chi connectivity index (χ0n) is 20.7. The first-order valence-corrected chi connectivity index (χ1v) is 13.4. The number of piperidine rings is 1. The SMILES string of the molecule is CC1CC(C)CN(c2cccc(S(=O)(=O)c3ccnc(N4CC(C)CC4(C)C)c3C(N)=O)n2)C1. The molecular formula is C25H35N5O3S. The smallest absolute Gasteiger partial charge is 0.253 e. The van der Waals surface area contributed by atoms with Crippen LogP contribution in [0.2, 0.25) is 0 Å². The Balaban J connectivity index is 1.79. The highest BCUT2D eigenvalue weighted by atomic mass is 32.2. The van der Waals surface area contributed by atoms with Crippen LogP contribution >= 0.6 is 0 Å². The third kappa shape index (κ3) is 4.50. The number of rotatable bonds is 5. The van der Waals surface area contributed by atoms with Gasteiger partial charge < -0.3 is 15.5 Å². The standard InChI is InChI=1S/C25H35N5O3S/c1-16-11-17(2)14-29(13-16)20-7-6-8-21(28-20)34(32,33)19-9-10-27-24(22(19)23(26)31)30-15-18(3)12-25(30,4)5/h6-10,16-18H,11-15H2,1-5H3,(H2,26,31). The van der Waals surface area contributed by atoms with Crippen molar-refractivity contribution in [3.05, 3.63) is 36.0 Å². The molecule has 4 heterocycles. The molecule has 0 aliphatic carbocycles. The van der Waals surface area contributed by atoms with Gasteiger partial charge in [-0.1, -0.05) is 26.8 Å². The Morgan fingerprint density at radius 2 is 1.74 bits per heavy atom. The molecule has 2 aliphatic heterocycles. The van der Waals surface area contributed by atoms with Crippen LogP contribution in [0.1, 0.15) is 57.8 Å². The highest BCUT2D eigenvalue weighted by Crippen LogP contribution is 2.39. The van der Waals surface area contributed by atoms with Gasteiger partial charge in [-0.3, -0.25) is 4.79 Å². The number of aromatic nitrogens is 2. The molecule has 2 aromatic heterocycles. The van der Waals surface area contributed by atoms with E-state index in [9.17, 15) is 13.2 Å². The maximum atomic E-state index is 13.8. The Kier molecular flexibility index (Phi) is 6.35. The van der Waals surface area contributed by atoms with Gasteiger partial charge in [0, 0.05) is 31.4 Å². The summed E-state index contributed by atoms with van der Waals surface area (Å²) in [4.78, 5) is 25.6. The summed E-state index contributed by atoms with van der Waals surface area (Å²) < 4.78 is 27.6. The van der Waals surface area contributed by atoms with Crippen LogP contribution in [0.15, 0.2) is 40.4 Å². The van der Waals surface area contributed by atoms with Crippen molar-refractivity contribution < 1.29 is 13.2 Å². The highest BCUT2D eigenvalue weighted by Gasteiger charge is 2.40. The summed E-state index contributed by atoms with van der Waals surface area (Å²) in [7, 11) is -4.11. The van der Waals surface area contributed by atoms with Crippen molar-refractivity contribution in [2.75, 3.05) is 29.4 Å². The van der Waals surface area contributed by atoms with Gasteiger partial charge in [-0.05, 0) is 62.6 Å². The summed E-state index contributed by atoms with van der Waals surface area (Å²) in [6, 6.07) is 6.37. The van der Waals surface area contributed by atoms with Crippen molar-refractivity contribution in [3.8, 4) is 0 Å². The van der Waals surface area contributed by atoms with Gasteiger partial charge in [0.2, 0.25) is 9.84 Å². The van der Waals surface area contributed by atoms with E-state index in [0.717, 1.165) is 25.9 Å². The monoisotopic (exact) mass is 485 g/mol. The Morgan fingerprint density at radius 3 is 2.32 bits per heavy atom. The summed E-state index contributed by atoms with van der Waals surface area (Å²) >= 11 is 0. The van der Waals surface area contributed by atoms with Crippen LogP contribution < -0.4 is 15.5 Å². The average Bonchev–Trinajstić information content (AvgIpc) is 3.04. The lowest BCUT2D eigenvalue weighted by molar-refractivity contribution is 0.0997. The van der Waals surface area contributed by atoms with Crippen LogP contribution in [-0.2, 0) is 9.84 Å². The number of carbonyl (C=O) groups is 1. The Morgan fingerprint density at radius 1 is 1.06 bits per heavy atom. The first-order chi connectivity index (χ1) is 15.9. The van der Waals surface area contributed by atoms with E-state index in [4.69, 9.17) is 5.73 Å². The second kappa shape index (κ2) is 8.83. The zero-order valence-corrected chi connectivity index (χ0v) is 21.5. The minimum Gasteiger partial charge on any atom is -0.365 e. The third-order valence-corrected chi connectivity index (χ3v) is 8.63. The molecule has 4 rings (SSSR count). The Bertz CT molecular complexity index is 1190. The van der Waals surface area contributed by atoms with Crippen molar-refractivity contribution in [2.45, 2.75) is 62.9 Å². The zero-order chi connectivity index (χ0) is 24.8. The van der Waals surface area contributed by atoms with Gasteiger partial charge in [-0.15, -0.1) is 0 Å². The molecular weight excluding hydrogens is 450 g/mol. The van der Waals surface area contributed by atoms with Gasteiger partial charge >= 0.3 is 0 Å². The number of amides is 1. The number of carbonyl (C=O) groups excluding carboxylic acids is 1. The predicted octanol–water partition coefficient (Wildman–Crippen LogP) is 3.52. The topological polar surface area (TPSA) is 109 Å². The molecule has 0 saturated carbocycles. The lowest BCUT2D eigenvalue weighted by Crippen LogP contribution is -2.40. The number of nitrogens with zero attached hydrogens (tertiary/aromatic N) is 4. The molecule has 3 unspecified atom stereocenters. The fourth-order valence-corrected chi connectivity index (χ4v) is 7.14. The molecule has 1 amide bonds. The van der Waals surface area contributed by atoms with E-state index < -0.39 is 15.7 Å². The number of primary amides is 1. The molecule has 0 spiro atoms. The van der Waals surface area contributed by atoms with Gasteiger partial charge in [0.1, 0.15) is 17.2 Å². The van der Waals surface area contributed by atoms with Crippen LogP contribution in [-0.4, -0.2) is 49.5 Å². The molecule has 2 aromatic rings. The van der Waals surface area contributed by atoms with E-state index in [1.165, 1.54) is 18.3 Å². The van der Waals surface area contributed by atoms with Gasteiger partial charge in [0.05, 0.1) is 4.90 Å². The van der Waals surface area contributed by atoms with E-state index >= 15 is 0 Å². The number of nitrogens with two attached hydrogens (primary N) is 1. The van der Waals surface area contributed by atoms with Crippen LogP contribution in [0.25, 0.3) is 0 Å². The molecule has 9 heteroatoms. The van der Waals surface area contributed by atoms with Crippen molar-refractivity contribution in [1.82, 2.24) is 9.97 Å². The molecule has 2 saturated heterocycles. The van der Waals surface area contributed by atoms with E-state index in [1.807, 2.05) is 11.0 Å². The summed E-state index contributed by atoms with van der Waals surface area (Å²) in [5.41, 5.74) is 5.41. The Labute approximate surface area is 202 Å². The number of anilines is 2. The van der Waals surface area contributed by atoms with E-state index in [2.05, 4.69) is 49.5 Å². The van der Waals surface area contributed by atoms with Crippen LogP contribution in [0.3, 0.4) is 0 Å². The molecule has 3 atom stereocenters. The minimum absolute atomic E-state index is 0.0721. The van der Waals surface area contributed by atoms with Crippen molar-refractivity contribution in [2.24, 2.45) is 23.5 Å². The first kappa shape index (κ1) is 24.4. The normalized spacial score (nSPS) is 24.9. The maximum Gasteiger partial charge on any atom is 0.253 e. The molecule has 8 nitrogen and oxygen atoms in total. The summed E-state index contributed by atoms with van der Waals surface area (Å²) in [5, 5.41) is -0.0930. The van der Waals surface area contributed by atoms with Crippen molar-refractivity contribution >= 4 is 27.4 Å². The molecule has 0 radical (unpaired) electrons. The lowest BCUT2D eigenvalue weighted by Gasteiger charge is -2.36. The van der Waals surface area contributed by atoms with Crippen LogP contribution in [0.5, 0.6) is 0 Å². The van der Waals surface area contributed by atoms with Crippen LogP contribution in [0, 0.1) is 17.8 Å². The molecule has 0 bridgehead atoms. The van der Waals surface area contributed by atoms with Crippen LogP contribution in [0.4, 0.5) is 11.6 Å². The summed E-state index contributed by atoms with van der Waals surface area (Å²) in [6.45, 7) is 13.0. The van der Waals surface area contributed by atoms with Gasteiger partial charge in [-0.2, -0.15) is 0 Å². The minimum atomic E-state index is -4.11. The molecule has 184 valence electrons. The molecule has 0 aromatic carbocycles.